The molecule has 5 heteroatoms. The Morgan fingerprint density at radius 1 is 1.24 bits per heavy atom. The zero-order valence-electron chi connectivity index (χ0n) is 9.88. The molecular formula is C12H16O4S. The van der Waals surface area contributed by atoms with Crippen LogP contribution in [0, 0.1) is 0 Å². The van der Waals surface area contributed by atoms with Gasteiger partial charge in [-0.15, -0.1) is 0 Å². The molecule has 1 N–H and O–H groups in total. The highest BCUT2D eigenvalue weighted by Crippen LogP contribution is 2.23. The third-order valence-electron chi connectivity index (χ3n) is 2.77. The molecule has 0 spiro atoms. The lowest BCUT2D eigenvalue weighted by atomic mass is 10.2. The van der Waals surface area contributed by atoms with E-state index in [1.807, 2.05) is 0 Å². The van der Waals surface area contributed by atoms with Gasteiger partial charge in [-0.3, -0.25) is 0 Å². The lowest BCUT2D eigenvalue weighted by Gasteiger charge is -2.15. The predicted octanol–water partition coefficient (Wildman–Crippen LogP) is 2.35. The standard InChI is InChI=1S/C12H16O4S/c1-3-9(4-2)17(15,16)11-8-6-5-7-10(11)12(13)14/h5-9H,3-4H2,1-2H3,(H,13,14). The van der Waals surface area contributed by atoms with E-state index in [-0.39, 0.29) is 10.5 Å². The minimum absolute atomic E-state index is 0.0822. The van der Waals surface area contributed by atoms with Gasteiger partial charge in [0.05, 0.1) is 15.7 Å². The maximum absolute atomic E-state index is 12.3. The van der Waals surface area contributed by atoms with Gasteiger partial charge in [0.2, 0.25) is 0 Å². The summed E-state index contributed by atoms with van der Waals surface area (Å²) in [5, 5.41) is 8.47. The summed E-state index contributed by atoms with van der Waals surface area (Å²) in [6.45, 7) is 3.57. The summed E-state index contributed by atoms with van der Waals surface area (Å²) in [6.07, 6.45) is 0.958. The molecule has 0 aliphatic carbocycles. The second-order valence-corrected chi connectivity index (χ2v) is 5.98. The van der Waals surface area contributed by atoms with Gasteiger partial charge in [0, 0.05) is 0 Å². The Labute approximate surface area is 101 Å². The van der Waals surface area contributed by atoms with Crippen LogP contribution >= 0.6 is 0 Å². The molecular weight excluding hydrogens is 240 g/mol. The molecule has 0 heterocycles. The van der Waals surface area contributed by atoms with Crippen LogP contribution in [-0.4, -0.2) is 24.7 Å². The highest BCUT2D eigenvalue weighted by Gasteiger charge is 2.28. The molecule has 0 saturated carbocycles. The second-order valence-electron chi connectivity index (χ2n) is 3.78. The molecule has 0 radical (unpaired) electrons. The molecule has 0 bridgehead atoms. The van der Waals surface area contributed by atoms with Crippen molar-refractivity contribution in [3.05, 3.63) is 29.8 Å². The van der Waals surface area contributed by atoms with Crippen molar-refractivity contribution >= 4 is 15.8 Å². The maximum Gasteiger partial charge on any atom is 0.337 e. The summed E-state index contributed by atoms with van der Waals surface area (Å²) >= 11 is 0. The van der Waals surface area contributed by atoms with Crippen LogP contribution in [-0.2, 0) is 9.84 Å². The van der Waals surface area contributed by atoms with E-state index >= 15 is 0 Å². The normalized spacial score (nSPS) is 11.7. The minimum atomic E-state index is -3.56. The van der Waals surface area contributed by atoms with E-state index in [0.717, 1.165) is 0 Å². The van der Waals surface area contributed by atoms with Crippen LogP contribution in [0.3, 0.4) is 0 Å². The molecule has 94 valence electrons. The molecule has 0 unspecified atom stereocenters. The van der Waals surface area contributed by atoms with Crippen molar-refractivity contribution in [2.24, 2.45) is 0 Å². The van der Waals surface area contributed by atoms with Gasteiger partial charge in [-0.25, -0.2) is 13.2 Å². The number of benzene rings is 1. The van der Waals surface area contributed by atoms with Crippen molar-refractivity contribution < 1.29 is 18.3 Å². The average molecular weight is 256 g/mol. The van der Waals surface area contributed by atoms with E-state index in [1.165, 1.54) is 18.2 Å². The Bertz CT molecular complexity index is 501. The Balaban J connectivity index is 3.38. The molecule has 17 heavy (non-hydrogen) atoms. The molecule has 0 fully saturated rings. The molecule has 1 aromatic rings. The minimum Gasteiger partial charge on any atom is -0.478 e. The van der Waals surface area contributed by atoms with Crippen LogP contribution in [0.4, 0.5) is 0 Å². The van der Waals surface area contributed by atoms with Crippen LogP contribution in [0.1, 0.15) is 37.0 Å². The third kappa shape index (κ3) is 2.66. The molecule has 4 nitrogen and oxygen atoms in total. The summed E-state index contributed by atoms with van der Waals surface area (Å²) in [7, 11) is -3.56. The monoisotopic (exact) mass is 256 g/mol. The van der Waals surface area contributed by atoms with E-state index < -0.39 is 21.1 Å². The van der Waals surface area contributed by atoms with Gasteiger partial charge in [-0.1, -0.05) is 26.0 Å². The highest BCUT2D eigenvalue weighted by atomic mass is 32.2. The van der Waals surface area contributed by atoms with Gasteiger partial charge in [0.25, 0.3) is 0 Å². The molecule has 0 aromatic heterocycles. The Hall–Kier alpha value is -1.36. The first kappa shape index (κ1) is 13.7. The van der Waals surface area contributed by atoms with Crippen molar-refractivity contribution in [1.29, 1.82) is 0 Å². The topological polar surface area (TPSA) is 71.4 Å². The lowest BCUT2D eigenvalue weighted by Crippen LogP contribution is -2.22. The van der Waals surface area contributed by atoms with Crippen molar-refractivity contribution in [2.75, 3.05) is 0 Å². The van der Waals surface area contributed by atoms with E-state index in [9.17, 15) is 13.2 Å². The van der Waals surface area contributed by atoms with Gasteiger partial charge in [-0.2, -0.15) is 0 Å². The number of hydrogen-bond donors (Lipinski definition) is 1. The first-order valence-electron chi connectivity index (χ1n) is 5.51. The van der Waals surface area contributed by atoms with Gasteiger partial charge in [0.1, 0.15) is 0 Å². The van der Waals surface area contributed by atoms with Crippen molar-refractivity contribution in [3.8, 4) is 0 Å². The fourth-order valence-electron chi connectivity index (χ4n) is 1.80. The number of carboxylic acid groups (broad SMARTS) is 1. The fourth-order valence-corrected chi connectivity index (χ4v) is 3.77. The van der Waals surface area contributed by atoms with E-state index in [0.29, 0.717) is 12.8 Å². The van der Waals surface area contributed by atoms with Crippen LogP contribution in [0.5, 0.6) is 0 Å². The summed E-state index contributed by atoms with van der Waals surface area (Å²) in [5.41, 5.74) is -0.153. The van der Waals surface area contributed by atoms with E-state index in [1.54, 1.807) is 19.9 Å². The first-order valence-corrected chi connectivity index (χ1v) is 7.06. The first-order chi connectivity index (χ1) is 7.95. The number of aromatic carboxylic acids is 1. The predicted molar refractivity (Wildman–Crippen MR) is 65.0 cm³/mol. The Morgan fingerprint density at radius 2 is 1.76 bits per heavy atom. The zero-order chi connectivity index (χ0) is 13.1. The summed E-state index contributed by atoms with van der Waals surface area (Å²) in [6, 6.07) is 5.74. The van der Waals surface area contributed by atoms with Gasteiger partial charge in [-0.05, 0) is 25.0 Å². The second kappa shape index (κ2) is 5.31. The molecule has 0 aliphatic heterocycles. The van der Waals surface area contributed by atoms with Crippen LogP contribution < -0.4 is 0 Å². The lowest BCUT2D eigenvalue weighted by molar-refractivity contribution is 0.0692. The number of carbonyl (C=O) groups is 1. The molecule has 0 amide bonds. The Morgan fingerprint density at radius 3 is 2.24 bits per heavy atom. The largest absolute Gasteiger partial charge is 0.478 e. The highest BCUT2D eigenvalue weighted by molar-refractivity contribution is 7.92. The number of carboxylic acids is 1. The van der Waals surface area contributed by atoms with Crippen molar-refractivity contribution in [2.45, 2.75) is 36.8 Å². The van der Waals surface area contributed by atoms with Crippen LogP contribution in [0.25, 0.3) is 0 Å². The van der Waals surface area contributed by atoms with Crippen LogP contribution in [0.2, 0.25) is 0 Å². The molecule has 0 aliphatic rings. The molecule has 0 atom stereocenters. The fraction of sp³-hybridized carbons (Fsp3) is 0.417. The quantitative estimate of drug-likeness (QED) is 0.877. The number of rotatable bonds is 5. The number of hydrogen-bond acceptors (Lipinski definition) is 3. The SMILES string of the molecule is CCC(CC)S(=O)(=O)c1ccccc1C(=O)O. The Kier molecular flexibility index (Phi) is 4.28. The van der Waals surface area contributed by atoms with E-state index in [2.05, 4.69) is 0 Å². The number of sulfone groups is 1. The average Bonchev–Trinajstić information content (AvgIpc) is 2.30. The molecule has 0 saturated heterocycles. The third-order valence-corrected chi connectivity index (χ3v) is 5.29. The van der Waals surface area contributed by atoms with E-state index in [4.69, 9.17) is 5.11 Å². The summed E-state index contributed by atoms with van der Waals surface area (Å²) < 4.78 is 24.5. The van der Waals surface area contributed by atoms with Crippen molar-refractivity contribution in [3.63, 3.8) is 0 Å². The molecule has 1 rings (SSSR count). The van der Waals surface area contributed by atoms with Crippen molar-refractivity contribution in [1.82, 2.24) is 0 Å². The maximum atomic E-state index is 12.3. The molecule has 1 aromatic carbocycles. The van der Waals surface area contributed by atoms with Gasteiger partial charge in [0.15, 0.2) is 9.84 Å². The zero-order valence-corrected chi connectivity index (χ0v) is 10.7. The summed E-state index contributed by atoms with van der Waals surface area (Å²) in [5.74, 6) is -1.21. The smallest absolute Gasteiger partial charge is 0.337 e. The van der Waals surface area contributed by atoms with Crippen LogP contribution in [0.15, 0.2) is 29.2 Å². The van der Waals surface area contributed by atoms with Gasteiger partial charge < -0.3 is 5.11 Å². The summed E-state index contributed by atoms with van der Waals surface area (Å²) in [4.78, 5) is 10.9. The van der Waals surface area contributed by atoms with Gasteiger partial charge >= 0.3 is 5.97 Å².